The number of carbonyl (C=O) groups is 2. The van der Waals surface area contributed by atoms with Crippen molar-refractivity contribution < 1.29 is 19.8 Å². The summed E-state index contributed by atoms with van der Waals surface area (Å²) in [5.41, 5.74) is -1.89. The maximum absolute atomic E-state index is 10.9. The Morgan fingerprint density at radius 3 is 2.38 bits per heavy atom. The summed E-state index contributed by atoms with van der Waals surface area (Å²) in [5, 5.41) is 20.0. The van der Waals surface area contributed by atoms with E-state index in [9.17, 15) is 14.7 Å². The predicted molar refractivity (Wildman–Crippen MR) is 46.2 cm³/mol. The number of hydrogen-bond acceptors (Lipinski definition) is 3. The fourth-order valence-electron chi connectivity index (χ4n) is 0.662. The monoisotopic (exact) mass is 189 g/mol. The number of rotatable bonds is 5. The molecule has 0 radical (unpaired) electrons. The lowest BCUT2D eigenvalue weighted by Crippen LogP contribution is -2.46. The van der Waals surface area contributed by atoms with Crippen LogP contribution in [-0.2, 0) is 9.59 Å². The summed E-state index contributed by atoms with van der Waals surface area (Å²) in [6, 6.07) is 0. The van der Waals surface area contributed by atoms with Crippen LogP contribution in [0.3, 0.4) is 0 Å². The van der Waals surface area contributed by atoms with Gasteiger partial charge in [-0.2, -0.15) is 0 Å². The molecule has 0 aromatic heterocycles. The predicted octanol–water partition coefficient (Wildman–Crippen LogP) is -0.262. The van der Waals surface area contributed by atoms with Crippen molar-refractivity contribution in [2.24, 2.45) is 0 Å². The molecule has 0 saturated heterocycles. The van der Waals surface area contributed by atoms with Gasteiger partial charge >= 0.3 is 5.97 Å². The zero-order chi connectivity index (χ0) is 10.5. The third-order valence-corrected chi connectivity index (χ3v) is 1.57. The first kappa shape index (κ1) is 11.9. The first-order valence-electron chi connectivity index (χ1n) is 4.12. The first-order chi connectivity index (χ1) is 5.90. The van der Waals surface area contributed by atoms with E-state index in [4.69, 9.17) is 5.11 Å². The Hall–Kier alpha value is -1.10. The summed E-state index contributed by atoms with van der Waals surface area (Å²) in [4.78, 5) is 21.3. The molecule has 5 nitrogen and oxygen atoms in total. The van der Waals surface area contributed by atoms with Crippen LogP contribution in [0.25, 0.3) is 0 Å². The summed E-state index contributed by atoms with van der Waals surface area (Å²) in [5.74, 6) is -1.59. The maximum atomic E-state index is 10.9. The molecule has 76 valence electrons. The molecule has 0 aromatic rings. The molecule has 0 rings (SSSR count). The van der Waals surface area contributed by atoms with Crippen LogP contribution in [0.4, 0.5) is 0 Å². The number of carboxylic acids is 1. The van der Waals surface area contributed by atoms with Crippen LogP contribution in [0.2, 0.25) is 0 Å². The lowest BCUT2D eigenvalue weighted by atomic mass is 10.1. The Bertz CT molecular complexity index is 200. The second kappa shape index (κ2) is 4.81. The Morgan fingerprint density at radius 1 is 1.46 bits per heavy atom. The Balaban J connectivity index is 3.88. The van der Waals surface area contributed by atoms with Gasteiger partial charge in [-0.05, 0) is 13.3 Å². The number of amides is 1. The van der Waals surface area contributed by atoms with Crippen LogP contribution >= 0.6 is 0 Å². The van der Waals surface area contributed by atoms with Crippen molar-refractivity contribution in [3.8, 4) is 0 Å². The summed E-state index contributed by atoms with van der Waals surface area (Å²) >= 11 is 0. The van der Waals surface area contributed by atoms with Crippen molar-refractivity contribution in [1.82, 2.24) is 5.32 Å². The van der Waals surface area contributed by atoms with Crippen LogP contribution in [-0.4, -0.2) is 34.2 Å². The average Bonchev–Trinajstić information content (AvgIpc) is 2.01. The number of carboxylic acid groups (broad SMARTS) is 1. The van der Waals surface area contributed by atoms with E-state index in [1.165, 1.54) is 0 Å². The van der Waals surface area contributed by atoms with Crippen LogP contribution in [0.5, 0.6) is 0 Å². The molecule has 0 bridgehead atoms. The SMILES string of the molecule is CCCC(=O)NCC(C)(O)C(=O)O. The highest BCUT2D eigenvalue weighted by atomic mass is 16.4. The van der Waals surface area contributed by atoms with Gasteiger partial charge in [0.2, 0.25) is 5.91 Å². The van der Waals surface area contributed by atoms with Gasteiger partial charge in [-0.25, -0.2) is 4.79 Å². The van der Waals surface area contributed by atoms with Gasteiger partial charge in [0, 0.05) is 6.42 Å². The van der Waals surface area contributed by atoms with Crippen molar-refractivity contribution in [3.05, 3.63) is 0 Å². The Morgan fingerprint density at radius 2 is 2.00 bits per heavy atom. The molecule has 0 aliphatic heterocycles. The molecule has 1 unspecified atom stereocenters. The van der Waals surface area contributed by atoms with E-state index in [0.29, 0.717) is 12.8 Å². The van der Waals surface area contributed by atoms with Crippen molar-refractivity contribution >= 4 is 11.9 Å². The van der Waals surface area contributed by atoms with E-state index in [2.05, 4.69) is 5.32 Å². The van der Waals surface area contributed by atoms with Crippen molar-refractivity contribution in [2.75, 3.05) is 6.54 Å². The zero-order valence-electron chi connectivity index (χ0n) is 7.83. The van der Waals surface area contributed by atoms with Crippen LogP contribution in [0.1, 0.15) is 26.7 Å². The van der Waals surface area contributed by atoms with Gasteiger partial charge in [-0.15, -0.1) is 0 Å². The lowest BCUT2D eigenvalue weighted by Gasteiger charge is -2.17. The number of carbonyl (C=O) groups excluding carboxylic acids is 1. The number of nitrogens with one attached hydrogen (secondary N) is 1. The first-order valence-corrected chi connectivity index (χ1v) is 4.12. The highest BCUT2D eigenvalue weighted by molar-refractivity contribution is 5.80. The minimum atomic E-state index is -1.89. The molecule has 0 fully saturated rings. The van der Waals surface area contributed by atoms with Gasteiger partial charge in [0.1, 0.15) is 0 Å². The quantitative estimate of drug-likeness (QED) is 0.556. The van der Waals surface area contributed by atoms with Gasteiger partial charge in [0.15, 0.2) is 5.60 Å². The van der Waals surface area contributed by atoms with Crippen molar-refractivity contribution in [3.63, 3.8) is 0 Å². The number of aliphatic carboxylic acids is 1. The Labute approximate surface area is 76.8 Å². The van der Waals surface area contributed by atoms with Crippen LogP contribution in [0.15, 0.2) is 0 Å². The topological polar surface area (TPSA) is 86.6 Å². The van der Waals surface area contributed by atoms with E-state index in [1.807, 2.05) is 6.92 Å². The van der Waals surface area contributed by atoms with Gasteiger partial charge < -0.3 is 15.5 Å². The van der Waals surface area contributed by atoms with Crippen LogP contribution < -0.4 is 5.32 Å². The minimum Gasteiger partial charge on any atom is -0.479 e. The molecule has 0 aromatic carbocycles. The molecule has 5 heteroatoms. The minimum absolute atomic E-state index is 0.246. The summed E-state index contributed by atoms with van der Waals surface area (Å²) in [6.07, 6.45) is 1.04. The van der Waals surface area contributed by atoms with Crippen LogP contribution in [0, 0.1) is 0 Å². The summed E-state index contributed by atoms with van der Waals surface area (Å²) < 4.78 is 0. The summed E-state index contributed by atoms with van der Waals surface area (Å²) in [7, 11) is 0. The van der Waals surface area contributed by atoms with Gasteiger partial charge in [0.25, 0.3) is 0 Å². The molecular formula is C8H15NO4. The zero-order valence-corrected chi connectivity index (χ0v) is 7.83. The third-order valence-electron chi connectivity index (χ3n) is 1.57. The van der Waals surface area contributed by atoms with E-state index in [-0.39, 0.29) is 12.5 Å². The number of hydrogen-bond donors (Lipinski definition) is 3. The van der Waals surface area contributed by atoms with E-state index in [1.54, 1.807) is 0 Å². The Kier molecular flexibility index (Phi) is 4.40. The van der Waals surface area contributed by atoms with Gasteiger partial charge in [-0.1, -0.05) is 6.92 Å². The van der Waals surface area contributed by atoms with E-state index in [0.717, 1.165) is 6.92 Å². The fraction of sp³-hybridized carbons (Fsp3) is 0.750. The smallest absolute Gasteiger partial charge is 0.337 e. The lowest BCUT2D eigenvalue weighted by molar-refractivity contribution is -0.156. The van der Waals surface area contributed by atoms with Crippen molar-refractivity contribution in [1.29, 1.82) is 0 Å². The molecule has 0 saturated carbocycles. The van der Waals surface area contributed by atoms with Crippen molar-refractivity contribution in [2.45, 2.75) is 32.3 Å². The second-order valence-electron chi connectivity index (χ2n) is 3.11. The molecule has 0 heterocycles. The molecule has 1 atom stereocenters. The van der Waals surface area contributed by atoms with E-state index >= 15 is 0 Å². The molecular weight excluding hydrogens is 174 g/mol. The standard InChI is InChI=1S/C8H15NO4/c1-3-4-6(10)9-5-8(2,13)7(11)12/h13H,3-5H2,1-2H3,(H,9,10)(H,11,12). The summed E-state index contributed by atoms with van der Waals surface area (Å²) in [6.45, 7) is 2.72. The molecule has 13 heavy (non-hydrogen) atoms. The normalized spacial score (nSPS) is 14.7. The highest BCUT2D eigenvalue weighted by Gasteiger charge is 2.29. The van der Waals surface area contributed by atoms with Gasteiger partial charge in [0.05, 0.1) is 6.54 Å². The number of aliphatic hydroxyl groups is 1. The molecule has 0 spiro atoms. The molecule has 0 aliphatic rings. The molecule has 0 aliphatic carbocycles. The van der Waals surface area contributed by atoms with Gasteiger partial charge in [-0.3, -0.25) is 4.79 Å². The van der Waals surface area contributed by atoms with E-state index < -0.39 is 11.6 Å². The average molecular weight is 189 g/mol. The largest absolute Gasteiger partial charge is 0.479 e. The molecule has 1 amide bonds. The second-order valence-corrected chi connectivity index (χ2v) is 3.11. The fourth-order valence-corrected chi connectivity index (χ4v) is 0.662. The highest BCUT2D eigenvalue weighted by Crippen LogP contribution is 2.00. The molecule has 3 N–H and O–H groups in total. The maximum Gasteiger partial charge on any atom is 0.337 e. The third kappa shape index (κ3) is 4.47.